The molecule has 3 nitrogen and oxygen atoms in total. The molecule has 0 radical (unpaired) electrons. The number of hydrogen-bond donors (Lipinski definition) is 1. The lowest BCUT2D eigenvalue weighted by Gasteiger charge is -2.10. The Morgan fingerprint density at radius 1 is 1.35 bits per heavy atom. The number of halogens is 3. The van der Waals surface area contributed by atoms with Crippen LogP contribution < -0.4 is 0 Å². The molecule has 17 heavy (non-hydrogen) atoms. The van der Waals surface area contributed by atoms with Gasteiger partial charge in [-0.05, 0) is 31.0 Å². The summed E-state index contributed by atoms with van der Waals surface area (Å²) in [7, 11) is -5.32. The van der Waals surface area contributed by atoms with Crippen molar-refractivity contribution in [3.63, 3.8) is 0 Å². The lowest BCUT2D eigenvalue weighted by molar-refractivity contribution is -0.0436. The van der Waals surface area contributed by atoms with Crippen LogP contribution in [0.3, 0.4) is 0 Å². The number of aliphatic hydroxyl groups excluding tert-OH is 1. The maximum absolute atomic E-state index is 12.3. The number of rotatable bonds is 3. The van der Waals surface area contributed by atoms with Crippen molar-refractivity contribution in [2.45, 2.75) is 29.9 Å². The number of hydrogen-bond acceptors (Lipinski definition) is 3. The van der Waals surface area contributed by atoms with Crippen molar-refractivity contribution in [2.75, 3.05) is 0 Å². The molecule has 7 heteroatoms. The summed E-state index contributed by atoms with van der Waals surface area (Å²) in [4.78, 5) is -0.803. The Hall–Kier alpha value is -1.08. The van der Waals surface area contributed by atoms with Crippen LogP contribution in [0.2, 0.25) is 0 Å². The van der Waals surface area contributed by atoms with Crippen LogP contribution in [0.25, 0.3) is 0 Å². The minimum Gasteiger partial charge on any atom is -0.393 e. The molecule has 0 saturated heterocycles. The smallest absolute Gasteiger partial charge is 0.393 e. The van der Waals surface area contributed by atoms with E-state index >= 15 is 0 Å². The first-order valence-corrected chi connectivity index (χ1v) is 6.21. The van der Waals surface area contributed by atoms with E-state index in [4.69, 9.17) is 5.11 Å². The molecule has 1 aromatic rings. The predicted octanol–water partition coefficient (Wildman–Crippen LogP) is 1.90. The normalized spacial score (nSPS) is 14.6. The van der Waals surface area contributed by atoms with Crippen molar-refractivity contribution in [3.05, 3.63) is 29.8 Å². The van der Waals surface area contributed by atoms with Crippen LogP contribution >= 0.6 is 0 Å². The highest BCUT2D eigenvalue weighted by Crippen LogP contribution is 2.30. The fourth-order valence-corrected chi connectivity index (χ4v) is 2.15. The molecule has 0 aliphatic heterocycles. The predicted molar refractivity (Wildman–Crippen MR) is 55.1 cm³/mol. The lowest BCUT2D eigenvalue weighted by Crippen LogP contribution is -2.23. The van der Waals surface area contributed by atoms with Crippen LogP contribution in [0.15, 0.2) is 29.2 Å². The van der Waals surface area contributed by atoms with Crippen LogP contribution in [0.4, 0.5) is 13.2 Å². The van der Waals surface area contributed by atoms with Gasteiger partial charge >= 0.3 is 5.51 Å². The van der Waals surface area contributed by atoms with Gasteiger partial charge in [0.2, 0.25) is 0 Å². The summed E-state index contributed by atoms with van der Waals surface area (Å²) in [5.41, 5.74) is -4.97. The third kappa shape index (κ3) is 3.19. The number of benzene rings is 1. The first-order valence-electron chi connectivity index (χ1n) is 4.73. The van der Waals surface area contributed by atoms with E-state index < -0.39 is 26.3 Å². The zero-order valence-electron chi connectivity index (χ0n) is 8.90. The molecule has 0 unspecified atom stereocenters. The third-order valence-electron chi connectivity index (χ3n) is 2.04. The average molecular weight is 268 g/mol. The molecule has 1 atom stereocenters. The highest BCUT2D eigenvalue weighted by atomic mass is 32.2. The summed E-state index contributed by atoms with van der Waals surface area (Å²) in [5, 5.41) is 9.09. The van der Waals surface area contributed by atoms with Gasteiger partial charge in [-0.25, -0.2) is 8.42 Å². The summed E-state index contributed by atoms with van der Waals surface area (Å²) in [6.07, 6.45) is -0.653. The second-order valence-corrected chi connectivity index (χ2v) is 5.59. The summed E-state index contributed by atoms with van der Waals surface area (Å²) in [5.74, 6) is 0. The molecule has 0 fully saturated rings. The minimum atomic E-state index is -5.32. The molecule has 1 rings (SSSR count). The second-order valence-electron chi connectivity index (χ2n) is 3.65. The SMILES string of the molecule is C[C@H](O)Cc1cccc(S(=O)(=O)C(F)(F)F)c1. The van der Waals surface area contributed by atoms with Gasteiger partial charge in [0.1, 0.15) is 0 Å². The van der Waals surface area contributed by atoms with Gasteiger partial charge in [-0.2, -0.15) is 13.2 Å². The molecule has 0 amide bonds. The highest BCUT2D eigenvalue weighted by molar-refractivity contribution is 7.92. The van der Waals surface area contributed by atoms with E-state index in [-0.39, 0.29) is 6.42 Å². The van der Waals surface area contributed by atoms with Gasteiger partial charge in [-0.1, -0.05) is 12.1 Å². The van der Waals surface area contributed by atoms with Crippen molar-refractivity contribution in [1.82, 2.24) is 0 Å². The Kier molecular flexibility index (Phi) is 3.83. The quantitative estimate of drug-likeness (QED) is 0.911. The van der Waals surface area contributed by atoms with Gasteiger partial charge in [0.25, 0.3) is 9.84 Å². The maximum atomic E-state index is 12.3. The zero-order chi connectivity index (χ0) is 13.3. The molecule has 0 aromatic heterocycles. The van der Waals surface area contributed by atoms with E-state index in [0.29, 0.717) is 5.56 Å². The van der Waals surface area contributed by atoms with Crippen LogP contribution in [-0.2, 0) is 16.3 Å². The molecular weight excluding hydrogens is 257 g/mol. The Labute approximate surface area is 96.8 Å². The Morgan fingerprint density at radius 2 is 1.94 bits per heavy atom. The van der Waals surface area contributed by atoms with Crippen molar-refractivity contribution in [1.29, 1.82) is 0 Å². The molecule has 0 heterocycles. The van der Waals surface area contributed by atoms with Crippen LogP contribution in [0.1, 0.15) is 12.5 Å². The first kappa shape index (κ1) is 14.0. The topological polar surface area (TPSA) is 54.4 Å². The van der Waals surface area contributed by atoms with Gasteiger partial charge in [0.15, 0.2) is 0 Å². The van der Waals surface area contributed by atoms with Crippen molar-refractivity contribution < 1.29 is 26.7 Å². The van der Waals surface area contributed by atoms with Gasteiger partial charge in [0, 0.05) is 0 Å². The van der Waals surface area contributed by atoms with E-state index in [9.17, 15) is 21.6 Å². The fourth-order valence-electron chi connectivity index (χ4n) is 1.31. The molecule has 1 N–H and O–H groups in total. The van der Waals surface area contributed by atoms with E-state index in [1.54, 1.807) is 0 Å². The molecule has 0 spiro atoms. The second kappa shape index (κ2) is 4.66. The van der Waals surface area contributed by atoms with Crippen LogP contribution in [-0.4, -0.2) is 25.1 Å². The Bertz CT molecular complexity index is 492. The first-order chi connectivity index (χ1) is 7.64. The highest BCUT2D eigenvalue weighted by Gasteiger charge is 2.46. The fraction of sp³-hybridized carbons (Fsp3) is 0.400. The lowest BCUT2D eigenvalue weighted by atomic mass is 10.1. The van der Waals surface area contributed by atoms with Gasteiger partial charge < -0.3 is 5.11 Å². The van der Waals surface area contributed by atoms with Crippen molar-refractivity contribution >= 4 is 9.84 Å². The van der Waals surface area contributed by atoms with Crippen LogP contribution in [0, 0.1) is 0 Å². The van der Waals surface area contributed by atoms with Crippen molar-refractivity contribution in [3.8, 4) is 0 Å². The third-order valence-corrected chi connectivity index (χ3v) is 3.53. The number of sulfone groups is 1. The van der Waals surface area contributed by atoms with E-state index in [2.05, 4.69) is 0 Å². The molecule has 96 valence electrons. The number of aliphatic hydroxyl groups is 1. The molecule has 0 aliphatic carbocycles. The summed E-state index contributed by atoms with van der Waals surface area (Å²) in [6, 6.07) is 4.49. The monoisotopic (exact) mass is 268 g/mol. The largest absolute Gasteiger partial charge is 0.501 e. The standard InChI is InChI=1S/C10H11F3O3S/c1-7(14)5-8-3-2-4-9(6-8)17(15,16)10(11,12)13/h2-4,6-7,14H,5H2,1H3/t7-/m0/s1. The zero-order valence-corrected chi connectivity index (χ0v) is 9.72. The van der Waals surface area contributed by atoms with Crippen LogP contribution in [0.5, 0.6) is 0 Å². The molecule has 0 saturated carbocycles. The molecular formula is C10H11F3O3S. The summed E-state index contributed by atoms with van der Waals surface area (Å²) < 4.78 is 59.0. The Morgan fingerprint density at radius 3 is 2.41 bits per heavy atom. The van der Waals surface area contributed by atoms with E-state index in [0.717, 1.165) is 12.1 Å². The molecule has 0 bridgehead atoms. The molecule has 1 aromatic carbocycles. The van der Waals surface area contributed by atoms with E-state index in [1.807, 2.05) is 0 Å². The minimum absolute atomic E-state index is 0.0984. The average Bonchev–Trinajstić information content (AvgIpc) is 2.15. The summed E-state index contributed by atoms with van der Waals surface area (Å²) in [6.45, 7) is 1.46. The number of alkyl halides is 3. The summed E-state index contributed by atoms with van der Waals surface area (Å²) >= 11 is 0. The van der Waals surface area contributed by atoms with E-state index in [1.165, 1.54) is 19.1 Å². The van der Waals surface area contributed by atoms with Crippen molar-refractivity contribution in [2.24, 2.45) is 0 Å². The van der Waals surface area contributed by atoms with Gasteiger partial charge in [-0.15, -0.1) is 0 Å². The molecule has 0 aliphatic rings. The van der Waals surface area contributed by atoms with Gasteiger partial charge in [0.05, 0.1) is 11.0 Å². The Balaban J connectivity index is 3.17. The maximum Gasteiger partial charge on any atom is 0.501 e. The van der Waals surface area contributed by atoms with Gasteiger partial charge in [-0.3, -0.25) is 0 Å².